The summed E-state index contributed by atoms with van der Waals surface area (Å²) in [6.07, 6.45) is 4.94. The summed E-state index contributed by atoms with van der Waals surface area (Å²) in [7, 11) is 0. The second kappa shape index (κ2) is 8.09. The van der Waals surface area contributed by atoms with Gasteiger partial charge in [-0.3, -0.25) is 19.5 Å². The average Bonchev–Trinajstić information content (AvgIpc) is 3.32. The summed E-state index contributed by atoms with van der Waals surface area (Å²) in [6.45, 7) is 4.23. The van der Waals surface area contributed by atoms with Gasteiger partial charge < -0.3 is 4.42 Å². The van der Waals surface area contributed by atoms with E-state index in [1.54, 1.807) is 24.7 Å². The number of aromatic nitrogens is 1. The summed E-state index contributed by atoms with van der Waals surface area (Å²) in [4.78, 5) is 32.3. The number of rotatable bonds is 6. The van der Waals surface area contributed by atoms with Crippen LogP contribution in [-0.4, -0.2) is 21.7 Å². The van der Waals surface area contributed by atoms with Gasteiger partial charge in [-0.15, -0.1) is 11.8 Å². The van der Waals surface area contributed by atoms with Crippen molar-refractivity contribution in [3.05, 3.63) is 94.0 Å². The molecule has 3 aromatic rings. The molecule has 0 aliphatic carbocycles. The van der Waals surface area contributed by atoms with Gasteiger partial charge in [0.1, 0.15) is 5.76 Å². The largest absolute Gasteiger partial charge is 0.468 e. The van der Waals surface area contributed by atoms with Gasteiger partial charge in [0, 0.05) is 12.4 Å². The van der Waals surface area contributed by atoms with Gasteiger partial charge in [-0.1, -0.05) is 24.3 Å². The van der Waals surface area contributed by atoms with E-state index in [9.17, 15) is 9.59 Å². The maximum Gasteiger partial charge on any atom is 0.268 e. The minimum absolute atomic E-state index is 0.199. The van der Waals surface area contributed by atoms with E-state index >= 15 is 0 Å². The van der Waals surface area contributed by atoms with E-state index in [4.69, 9.17) is 4.42 Å². The van der Waals surface area contributed by atoms with Gasteiger partial charge in [0.25, 0.3) is 11.8 Å². The number of hydrogen-bond donors (Lipinski definition) is 0. The van der Waals surface area contributed by atoms with Crippen LogP contribution in [0.4, 0.5) is 0 Å². The van der Waals surface area contributed by atoms with Crippen LogP contribution >= 0.6 is 11.8 Å². The standard InChI is InChI=1S/C23H20N2O3S/c1-15-7-8-18(11-16(15)2)20-21(29-14-19-6-4-10-28-19)23(27)25(22(20)26)13-17-5-3-9-24-12-17/h3-12H,13-14H2,1-2H3. The predicted molar refractivity (Wildman–Crippen MR) is 113 cm³/mol. The molecule has 0 unspecified atom stereocenters. The first kappa shape index (κ1) is 19.2. The molecule has 0 N–H and O–H groups in total. The third kappa shape index (κ3) is 3.89. The number of carbonyl (C=O) groups excluding carboxylic acids is 2. The second-order valence-corrected chi connectivity index (χ2v) is 7.91. The maximum absolute atomic E-state index is 13.3. The van der Waals surface area contributed by atoms with Crippen molar-refractivity contribution in [3.63, 3.8) is 0 Å². The van der Waals surface area contributed by atoms with Crippen LogP contribution < -0.4 is 0 Å². The van der Waals surface area contributed by atoms with Crippen LogP contribution in [0.2, 0.25) is 0 Å². The van der Waals surface area contributed by atoms with Gasteiger partial charge in [0.05, 0.1) is 29.0 Å². The average molecular weight is 404 g/mol. The number of benzene rings is 1. The van der Waals surface area contributed by atoms with Gasteiger partial charge in [-0.25, -0.2) is 0 Å². The van der Waals surface area contributed by atoms with Gasteiger partial charge in [0.2, 0.25) is 0 Å². The molecule has 4 rings (SSSR count). The van der Waals surface area contributed by atoms with Crippen molar-refractivity contribution in [1.82, 2.24) is 9.88 Å². The molecule has 2 aromatic heterocycles. The Labute approximate surface area is 173 Å². The van der Waals surface area contributed by atoms with E-state index in [-0.39, 0.29) is 18.4 Å². The molecule has 1 aliphatic rings. The molecule has 2 amide bonds. The number of amides is 2. The fourth-order valence-corrected chi connectivity index (χ4v) is 4.23. The van der Waals surface area contributed by atoms with Crippen LogP contribution in [0.3, 0.4) is 0 Å². The lowest BCUT2D eigenvalue weighted by Crippen LogP contribution is -2.31. The third-order valence-corrected chi connectivity index (χ3v) is 6.02. The van der Waals surface area contributed by atoms with Crippen molar-refractivity contribution in [1.29, 1.82) is 0 Å². The Morgan fingerprint density at radius 3 is 2.59 bits per heavy atom. The minimum atomic E-state index is -0.274. The lowest BCUT2D eigenvalue weighted by atomic mass is 10.0. The van der Waals surface area contributed by atoms with E-state index in [1.165, 1.54) is 16.7 Å². The zero-order chi connectivity index (χ0) is 20.4. The third-order valence-electron chi connectivity index (χ3n) is 4.92. The van der Waals surface area contributed by atoms with E-state index < -0.39 is 0 Å². The van der Waals surface area contributed by atoms with Crippen LogP contribution in [0, 0.1) is 13.8 Å². The van der Waals surface area contributed by atoms with Crippen LogP contribution in [0.1, 0.15) is 28.0 Å². The molecule has 146 valence electrons. The lowest BCUT2D eigenvalue weighted by molar-refractivity contribution is -0.137. The zero-order valence-corrected chi connectivity index (χ0v) is 17.0. The topological polar surface area (TPSA) is 63.4 Å². The number of imide groups is 1. The number of hydrogen-bond acceptors (Lipinski definition) is 5. The molecule has 0 saturated carbocycles. The lowest BCUT2D eigenvalue weighted by Gasteiger charge is -2.15. The predicted octanol–water partition coefficient (Wildman–Crippen LogP) is 4.50. The Balaban J connectivity index is 1.70. The van der Waals surface area contributed by atoms with Gasteiger partial charge >= 0.3 is 0 Å². The number of pyridine rings is 1. The Hall–Kier alpha value is -3.12. The van der Waals surface area contributed by atoms with Crippen LogP contribution in [-0.2, 0) is 21.9 Å². The highest BCUT2D eigenvalue weighted by Gasteiger charge is 2.39. The van der Waals surface area contributed by atoms with Crippen LogP contribution in [0.15, 0.2) is 70.4 Å². The monoisotopic (exact) mass is 404 g/mol. The molecular formula is C23H20N2O3S. The summed E-state index contributed by atoms with van der Waals surface area (Å²) >= 11 is 1.34. The number of nitrogens with zero attached hydrogens (tertiary/aromatic N) is 2. The van der Waals surface area contributed by atoms with Crippen molar-refractivity contribution in [3.8, 4) is 0 Å². The van der Waals surface area contributed by atoms with E-state index in [0.29, 0.717) is 16.2 Å². The molecule has 6 heteroatoms. The highest BCUT2D eigenvalue weighted by atomic mass is 32.2. The molecule has 5 nitrogen and oxygen atoms in total. The van der Waals surface area contributed by atoms with Gasteiger partial charge in [-0.05, 0) is 54.3 Å². The summed E-state index contributed by atoms with van der Waals surface area (Å²) in [5.74, 6) is 0.691. The first-order valence-corrected chi connectivity index (χ1v) is 10.3. The molecular weight excluding hydrogens is 384 g/mol. The summed E-state index contributed by atoms with van der Waals surface area (Å²) in [5, 5.41) is 0. The Kier molecular flexibility index (Phi) is 5.36. The molecule has 1 aliphatic heterocycles. The maximum atomic E-state index is 13.3. The molecule has 0 radical (unpaired) electrons. The number of aryl methyl sites for hydroxylation is 2. The molecule has 3 heterocycles. The first-order chi connectivity index (χ1) is 14.0. The van der Waals surface area contributed by atoms with E-state index in [2.05, 4.69) is 4.98 Å². The number of carbonyl (C=O) groups is 2. The Bertz CT molecular complexity index is 1090. The molecule has 0 saturated heterocycles. The smallest absolute Gasteiger partial charge is 0.268 e. The van der Waals surface area contributed by atoms with Crippen molar-refractivity contribution < 1.29 is 14.0 Å². The number of thioether (sulfide) groups is 1. The quantitative estimate of drug-likeness (QED) is 0.566. The summed E-state index contributed by atoms with van der Waals surface area (Å²) < 4.78 is 5.39. The number of furan rings is 1. The van der Waals surface area contributed by atoms with Crippen molar-refractivity contribution >= 4 is 29.1 Å². The van der Waals surface area contributed by atoms with Crippen LogP contribution in [0.25, 0.3) is 5.57 Å². The highest BCUT2D eigenvalue weighted by molar-refractivity contribution is 8.03. The Morgan fingerprint density at radius 1 is 1.03 bits per heavy atom. The second-order valence-electron chi connectivity index (χ2n) is 6.93. The SMILES string of the molecule is Cc1ccc(C2=C(SCc3ccco3)C(=O)N(Cc3cccnc3)C2=O)cc1C. The highest BCUT2D eigenvalue weighted by Crippen LogP contribution is 2.38. The van der Waals surface area contributed by atoms with E-state index in [0.717, 1.165) is 28.0 Å². The first-order valence-electron chi connectivity index (χ1n) is 9.27. The summed E-state index contributed by atoms with van der Waals surface area (Å²) in [5.41, 5.74) is 4.26. The van der Waals surface area contributed by atoms with Crippen molar-refractivity contribution in [2.24, 2.45) is 0 Å². The molecule has 0 spiro atoms. The normalized spacial score (nSPS) is 14.2. The molecule has 0 atom stereocenters. The molecule has 0 fully saturated rings. The Morgan fingerprint density at radius 2 is 1.90 bits per heavy atom. The molecule has 0 bridgehead atoms. The minimum Gasteiger partial charge on any atom is -0.468 e. The van der Waals surface area contributed by atoms with Gasteiger partial charge in [-0.2, -0.15) is 0 Å². The fraction of sp³-hybridized carbons (Fsp3) is 0.174. The molecule has 1 aromatic carbocycles. The van der Waals surface area contributed by atoms with Crippen molar-refractivity contribution in [2.45, 2.75) is 26.1 Å². The van der Waals surface area contributed by atoms with E-state index in [1.807, 2.05) is 50.2 Å². The van der Waals surface area contributed by atoms with Crippen molar-refractivity contribution in [2.75, 3.05) is 0 Å². The zero-order valence-electron chi connectivity index (χ0n) is 16.2. The molecule has 29 heavy (non-hydrogen) atoms. The van der Waals surface area contributed by atoms with Crippen LogP contribution in [0.5, 0.6) is 0 Å². The summed E-state index contributed by atoms with van der Waals surface area (Å²) in [6, 6.07) is 13.2. The fourth-order valence-electron chi connectivity index (χ4n) is 3.20. The van der Waals surface area contributed by atoms with Gasteiger partial charge in [0.15, 0.2) is 0 Å².